The third-order valence-electron chi connectivity index (χ3n) is 2.61. The van der Waals surface area contributed by atoms with Gasteiger partial charge in [0.25, 0.3) is 0 Å². The molecular weight excluding hydrogens is 256 g/mol. The minimum atomic E-state index is -0.544. The van der Waals surface area contributed by atoms with Crippen molar-refractivity contribution in [3.8, 4) is 11.3 Å². The molecule has 0 saturated heterocycles. The van der Waals surface area contributed by atoms with Gasteiger partial charge in [-0.1, -0.05) is 30.3 Å². The van der Waals surface area contributed by atoms with E-state index >= 15 is 0 Å². The first-order chi connectivity index (χ1) is 9.76. The molecule has 0 spiro atoms. The molecule has 5 heteroatoms. The first-order valence-electron chi connectivity index (χ1n) is 5.96. The Hall–Kier alpha value is -2.69. The van der Waals surface area contributed by atoms with Gasteiger partial charge < -0.3 is 9.47 Å². The number of hydrogen-bond acceptors (Lipinski definition) is 5. The zero-order chi connectivity index (χ0) is 14.4. The second-order valence-corrected chi connectivity index (χ2v) is 3.89. The highest BCUT2D eigenvalue weighted by molar-refractivity contribution is 6.14. The van der Waals surface area contributed by atoms with Gasteiger partial charge in [-0.25, -0.2) is 14.8 Å². The Morgan fingerprint density at radius 2 is 1.90 bits per heavy atom. The molecule has 20 heavy (non-hydrogen) atoms. The third kappa shape index (κ3) is 3.00. The average Bonchev–Trinajstić information content (AvgIpc) is 2.53. The van der Waals surface area contributed by atoms with E-state index in [-0.39, 0.29) is 11.4 Å². The molecule has 0 aliphatic carbocycles. The maximum atomic E-state index is 11.7. The van der Waals surface area contributed by atoms with Crippen LogP contribution in [0, 0.1) is 0 Å². The van der Waals surface area contributed by atoms with Crippen molar-refractivity contribution >= 4 is 11.5 Å². The Morgan fingerprint density at radius 3 is 2.55 bits per heavy atom. The van der Waals surface area contributed by atoms with E-state index in [0.717, 1.165) is 11.3 Å². The highest BCUT2D eigenvalue weighted by atomic mass is 16.5. The van der Waals surface area contributed by atoms with Gasteiger partial charge in [-0.3, -0.25) is 0 Å². The molecular formula is C15H14N2O3. The van der Waals surface area contributed by atoms with Gasteiger partial charge in [-0.05, 0) is 6.07 Å². The summed E-state index contributed by atoms with van der Waals surface area (Å²) in [6, 6.07) is 11.4. The first-order valence-corrected chi connectivity index (χ1v) is 5.96. The summed E-state index contributed by atoms with van der Waals surface area (Å²) in [6.45, 7) is 0. The van der Waals surface area contributed by atoms with Crippen molar-refractivity contribution in [2.24, 2.45) is 0 Å². The Bertz CT molecular complexity index is 624. The summed E-state index contributed by atoms with van der Waals surface area (Å²) in [5, 5.41) is 0. The van der Waals surface area contributed by atoms with Crippen LogP contribution < -0.4 is 0 Å². The number of benzene rings is 1. The molecule has 0 amide bonds. The predicted octanol–water partition coefficient (Wildman–Crippen LogP) is 2.30. The number of hydrogen-bond donors (Lipinski definition) is 0. The van der Waals surface area contributed by atoms with E-state index < -0.39 is 5.97 Å². The molecule has 0 unspecified atom stereocenters. The molecule has 0 atom stereocenters. The topological polar surface area (TPSA) is 61.3 Å². The fraction of sp³-hybridized carbons (Fsp3) is 0.133. The van der Waals surface area contributed by atoms with Crippen molar-refractivity contribution in [1.82, 2.24) is 9.97 Å². The van der Waals surface area contributed by atoms with Crippen LogP contribution in [0.15, 0.2) is 48.9 Å². The summed E-state index contributed by atoms with van der Waals surface area (Å²) in [7, 11) is 2.75. The molecule has 0 saturated carbocycles. The molecule has 0 fully saturated rings. The molecule has 2 aromatic rings. The number of esters is 1. The summed E-state index contributed by atoms with van der Waals surface area (Å²) in [5.74, 6) is -0.280. The van der Waals surface area contributed by atoms with Gasteiger partial charge in [0, 0.05) is 11.8 Å². The van der Waals surface area contributed by atoms with Crippen molar-refractivity contribution in [3.63, 3.8) is 0 Å². The molecule has 0 aliphatic heterocycles. The Balaban J connectivity index is 2.43. The monoisotopic (exact) mass is 270 g/mol. The predicted molar refractivity (Wildman–Crippen MR) is 74.5 cm³/mol. The first kappa shape index (κ1) is 13.7. The zero-order valence-electron chi connectivity index (χ0n) is 11.2. The minimum absolute atomic E-state index is 0.174. The number of aromatic nitrogens is 2. The van der Waals surface area contributed by atoms with Crippen molar-refractivity contribution in [2.45, 2.75) is 0 Å². The van der Waals surface area contributed by atoms with Crippen LogP contribution in [-0.2, 0) is 14.3 Å². The lowest BCUT2D eigenvalue weighted by molar-refractivity contribution is -0.133. The maximum absolute atomic E-state index is 11.7. The van der Waals surface area contributed by atoms with E-state index in [1.807, 2.05) is 30.3 Å². The normalized spacial score (nSPS) is 11.0. The number of nitrogens with zero attached hydrogens (tertiary/aromatic N) is 2. The molecule has 0 bridgehead atoms. The number of methoxy groups -OCH3 is 2. The van der Waals surface area contributed by atoms with Crippen LogP contribution >= 0.6 is 0 Å². The number of rotatable bonds is 4. The Morgan fingerprint density at radius 1 is 1.15 bits per heavy atom. The molecule has 1 aromatic heterocycles. The van der Waals surface area contributed by atoms with E-state index in [9.17, 15) is 4.79 Å². The molecule has 0 aliphatic rings. The van der Waals surface area contributed by atoms with Gasteiger partial charge in [0.05, 0.1) is 19.9 Å². The summed E-state index contributed by atoms with van der Waals surface area (Å²) in [5.41, 5.74) is 1.84. The SMILES string of the molecule is COC=C(C(=O)OC)c1nccc(-c2ccccc2)n1. The highest BCUT2D eigenvalue weighted by Crippen LogP contribution is 2.19. The van der Waals surface area contributed by atoms with Crippen LogP contribution in [0.1, 0.15) is 5.82 Å². The third-order valence-corrected chi connectivity index (χ3v) is 2.61. The zero-order valence-corrected chi connectivity index (χ0v) is 11.2. The molecule has 1 aromatic carbocycles. The van der Waals surface area contributed by atoms with E-state index in [4.69, 9.17) is 9.47 Å². The van der Waals surface area contributed by atoms with E-state index in [1.165, 1.54) is 20.5 Å². The van der Waals surface area contributed by atoms with Gasteiger partial charge in [0.15, 0.2) is 5.82 Å². The fourth-order valence-corrected chi connectivity index (χ4v) is 1.68. The van der Waals surface area contributed by atoms with E-state index in [0.29, 0.717) is 0 Å². The van der Waals surface area contributed by atoms with Gasteiger partial charge in [-0.15, -0.1) is 0 Å². The lowest BCUT2D eigenvalue weighted by Gasteiger charge is -2.06. The van der Waals surface area contributed by atoms with Crippen LogP contribution in [-0.4, -0.2) is 30.2 Å². The molecule has 0 N–H and O–H groups in total. The second-order valence-electron chi connectivity index (χ2n) is 3.89. The van der Waals surface area contributed by atoms with Gasteiger partial charge in [0.1, 0.15) is 11.8 Å². The van der Waals surface area contributed by atoms with Crippen LogP contribution in [0.2, 0.25) is 0 Å². The van der Waals surface area contributed by atoms with E-state index in [1.54, 1.807) is 12.3 Å². The Labute approximate surface area is 116 Å². The number of ether oxygens (including phenoxy) is 2. The van der Waals surface area contributed by atoms with Crippen molar-refractivity contribution in [1.29, 1.82) is 0 Å². The molecule has 5 nitrogen and oxygen atoms in total. The minimum Gasteiger partial charge on any atom is -0.503 e. The van der Waals surface area contributed by atoms with Gasteiger partial charge in [0.2, 0.25) is 0 Å². The average molecular weight is 270 g/mol. The van der Waals surface area contributed by atoms with Crippen LogP contribution in [0.25, 0.3) is 16.8 Å². The highest BCUT2D eigenvalue weighted by Gasteiger charge is 2.16. The number of carbonyl (C=O) groups is 1. The summed E-state index contributed by atoms with van der Waals surface area (Å²) in [4.78, 5) is 20.2. The van der Waals surface area contributed by atoms with Crippen molar-refractivity contribution in [3.05, 3.63) is 54.7 Å². The van der Waals surface area contributed by atoms with Crippen LogP contribution in [0.3, 0.4) is 0 Å². The van der Waals surface area contributed by atoms with Crippen molar-refractivity contribution in [2.75, 3.05) is 14.2 Å². The number of carbonyl (C=O) groups excluding carboxylic acids is 1. The van der Waals surface area contributed by atoms with Gasteiger partial charge in [-0.2, -0.15) is 0 Å². The molecule has 0 radical (unpaired) electrons. The van der Waals surface area contributed by atoms with E-state index in [2.05, 4.69) is 9.97 Å². The second kappa shape index (κ2) is 6.47. The molecule has 102 valence electrons. The molecule has 2 rings (SSSR count). The fourth-order valence-electron chi connectivity index (χ4n) is 1.68. The Kier molecular flexibility index (Phi) is 4.44. The maximum Gasteiger partial charge on any atom is 0.344 e. The lowest BCUT2D eigenvalue weighted by Crippen LogP contribution is -2.08. The standard InChI is InChI=1S/C15H14N2O3/c1-19-10-12(15(18)20-2)14-16-9-8-13(17-14)11-6-4-3-5-7-11/h3-10H,1-2H3. The molecule has 1 heterocycles. The lowest BCUT2D eigenvalue weighted by atomic mass is 10.1. The van der Waals surface area contributed by atoms with Gasteiger partial charge >= 0.3 is 5.97 Å². The van der Waals surface area contributed by atoms with Crippen LogP contribution in [0.5, 0.6) is 0 Å². The quantitative estimate of drug-likeness (QED) is 0.484. The summed E-state index contributed by atoms with van der Waals surface area (Å²) >= 11 is 0. The van der Waals surface area contributed by atoms with Crippen molar-refractivity contribution < 1.29 is 14.3 Å². The largest absolute Gasteiger partial charge is 0.503 e. The van der Waals surface area contributed by atoms with Crippen LogP contribution in [0.4, 0.5) is 0 Å². The summed E-state index contributed by atoms with van der Waals surface area (Å²) < 4.78 is 9.58. The smallest absolute Gasteiger partial charge is 0.344 e. The summed E-state index contributed by atoms with van der Waals surface area (Å²) in [6.07, 6.45) is 2.87.